The third-order valence-electron chi connectivity index (χ3n) is 4.72. The first-order chi connectivity index (χ1) is 14.2. The summed E-state index contributed by atoms with van der Waals surface area (Å²) in [6, 6.07) is 7.19. The zero-order chi connectivity index (χ0) is 21.9. The number of hydrogen-bond acceptors (Lipinski definition) is 6. The van der Waals surface area contributed by atoms with E-state index in [4.69, 9.17) is 0 Å². The molecule has 8 nitrogen and oxygen atoms in total. The monoisotopic (exact) mass is 453 g/mol. The Labute approximate surface area is 177 Å². The summed E-state index contributed by atoms with van der Waals surface area (Å²) < 4.78 is 39.6. The SMILES string of the molecule is CC(=O)N1CCN(C(=O)C(NC(=O)c2cccs2)S(=O)(=O)c2ccc(F)cc2)CC1. The third kappa shape index (κ3) is 4.68. The predicted octanol–water partition coefficient (Wildman–Crippen LogP) is 1.11. The van der Waals surface area contributed by atoms with Crippen molar-refractivity contribution in [3.8, 4) is 0 Å². The molecule has 1 atom stereocenters. The summed E-state index contributed by atoms with van der Waals surface area (Å²) in [6.07, 6.45) is 0. The van der Waals surface area contributed by atoms with Crippen LogP contribution in [-0.2, 0) is 19.4 Å². The fourth-order valence-corrected chi connectivity index (χ4v) is 5.13. The van der Waals surface area contributed by atoms with Crippen molar-refractivity contribution < 1.29 is 27.2 Å². The van der Waals surface area contributed by atoms with E-state index < -0.39 is 32.8 Å². The summed E-state index contributed by atoms with van der Waals surface area (Å²) in [6.45, 7) is 2.23. The summed E-state index contributed by atoms with van der Waals surface area (Å²) in [5, 5.41) is 2.10. The number of piperazine rings is 1. The quantitative estimate of drug-likeness (QED) is 0.683. The van der Waals surface area contributed by atoms with Crippen LogP contribution in [-0.4, -0.2) is 67.5 Å². The fraction of sp³-hybridized carbons (Fsp3) is 0.316. The van der Waals surface area contributed by atoms with Crippen molar-refractivity contribution in [1.82, 2.24) is 15.1 Å². The lowest BCUT2D eigenvalue weighted by molar-refractivity contribution is -0.138. The summed E-state index contributed by atoms with van der Waals surface area (Å²) >= 11 is 1.11. The number of thiophene rings is 1. The van der Waals surface area contributed by atoms with E-state index >= 15 is 0 Å². The maximum atomic E-state index is 13.3. The molecule has 0 aliphatic carbocycles. The van der Waals surface area contributed by atoms with E-state index in [1.807, 2.05) is 0 Å². The van der Waals surface area contributed by atoms with Crippen LogP contribution in [0.4, 0.5) is 4.39 Å². The molecule has 1 aliphatic heterocycles. The molecule has 2 aromatic rings. The highest BCUT2D eigenvalue weighted by molar-refractivity contribution is 7.92. The standard InChI is InChI=1S/C19H20FN3O5S2/c1-13(24)22-8-10-23(11-9-22)19(26)18(21-17(25)16-3-2-12-29-16)30(27,28)15-6-4-14(20)5-7-15/h2-7,12,18H,8-11H2,1H3,(H,21,25). The van der Waals surface area contributed by atoms with Gasteiger partial charge in [0.25, 0.3) is 11.8 Å². The van der Waals surface area contributed by atoms with Crippen molar-refractivity contribution >= 4 is 38.9 Å². The maximum absolute atomic E-state index is 13.3. The largest absolute Gasteiger partial charge is 0.339 e. The van der Waals surface area contributed by atoms with Gasteiger partial charge in [-0.2, -0.15) is 0 Å². The fourth-order valence-electron chi connectivity index (χ4n) is 3.04. The van der Waals surface area contributed by atoms with Gasteiger partial charge in [-0.15, -0.1) is 11.3 Å². The van der Waals surface area contributed by atoms with Gasteiger partial charge in [0.1, 0.15) is 5.82 Å². The zero-order valence-electron chi connectivity index (χ0n) is 16.1. The lowest BCUT2D eigenvalue weighted by Gasteiger charge is -2.35. The number of nitrogens with one attached hydrogen (secondary N) is 1. The van der Waals surface area contributed by atoms with Crippen molar-refractivity contribution in [3.05, 3.63) is 52.5 Å². The van der Waals surface area contributed by atoms with E-state index in [2.05, 4.69) is 5.32 Å². The molecule has 1 fully saturated rings. The molecule has 0 radical (unpaired) electrons. The van der Waals surface area contributed by atoms with Gasteiger partial charge in [0.05, 0.1) is 9.77 Å². The minimum Gasteiger partial charge on any atom is -0.339 e. The van der Waals surface area contributed by atoms with Crippen molar-refractivity contribution in [3.63, 3.8) is 0 Å². The number of rotatable bonds is 5. The molecule has 0 bridgehead atoms. The molecular weight excluding hydrogens is 433 g/mol. The Morgan fingerprint density at radius 2 is 1.63 bits per heavy atom. The molecular formula is C19H20FN3O5S2. The lowest BCUT2D eigenvalue weighted by Crippen LogP contribution is -2.57. The highest BCUT2D eigenvalue weighted by Crippen LogP contribution is 2.19. The first-order valence-corrected chi connectivity index (χ1v) is 11.5. The second-order valence-electron chi connectivity index (χ2n) is 6.66. The Morgan fingerprint density at radius 1 is 1.03 bits per heavy atom. The van der Waals surface area contributed by atoms with Gasteiger partial charge in [-0.1, -0.05) is 6.07 Å². The van der Waals surface area contributed by atoms with Crippen LogP contribution in [0.25, 0.3) is 0 Å². The van der Waals surface area contributed by atoms with Crippen LogP contribution < -0.4 is 5.32 Å². The molecule has 2 heterocycles. The molecule has 11 heteroatoms. The van der Waals surface area contributed by atoms with Gasteiger partial charge >= 0.3 is 0 Å². The second-order valence-corrected chi connectivity index (χ2v) is 9.64. The summed E-state index contributed by atoms with van der Waals surface area (Å²) in [7, 11) is -4.35. The van der Waals surface area contributed by atoms with Crippen LogP contribution >= 0.6 is 11.3 Å². The number of nitrogens with zero attached hydrogens (tertiary/aromatic N) is 2. The lowest BCUT2D eigenvalue weighted by atomic mass is 10.3. The van der Waals surface area contributed by atoms with Crippen LogP contribution in [0.1, 0.15) is 16.6 Å². The number of sulfone groups is 1. The van der Waals surface area contributed by atoms with Crippen molar-refractivity contribution in [2.24, 2.45) is 0 Å². The minimum atomic E-state index is -4.35. The van der Waals surface area contributed by atoms with Crippen molar-refractivity contribution in [1.29, 1.82) is 0 Å². The van der Waals surface area contributed by atoms with Gasteiger partial charge in [-0.25, -0.2) is 12.8 Å². The average molecular weight is 454 g/mol. The van der Waals surface area contributed by atoms with E-state index in [0.29, 0.717) is 0 Å². The highest BCUT2D eigenvalue weighted by Gasteiger charge is 2.39. The Kier molecular flexibility index (Phi) is 6.52. The van der Waals surface area contributed by atoms with Crippen LogP contribution in [0, 0.1) is 5.82 Å². The number of halogens is 1. The van der Waals surface area contributed by atoms with Crippen molar-refractivity contribution in [2.75, 3.05) is 26.2 Å². The van der Waals surface area contributed by atoms with E-state index in [1.165, 1.54) is 17.9 Å². The molecule has 1 aliphatic rings. The highest BCUT2D eigenvalue weighted by atomic mass is 32.2. The maximum Gasteiger partial charge on any atom is 0.262 e. The van der Waals surface area contributed by atoms with Gasteiger partial charge in [0.15, 0.2) is 0 Å². The predicted molar refractivity (Wildman–Crippen MR) is 108 cm³/mol. The van der Waals surface area contributed by atoms with Crippen LogP contribution in [0.2, 0.25) is 0 Å². The number of amides is 3. The molecule has 0 spiro atoms. The Hall–Kier alpha value is -2.79. The smallest absolute Gasteiger partial charge is 0.262 e. The molecule has 1 aromatic heterocycles. The Balaban J connectivity index is 1.89. The molecule has 3 rings (SSSR count). The first kappa shape index (κ1) is 21.9. The van der Waals surface area contributed by atoms with Gasteiger partial charge in [0, 0.05) is 33.1 Å². The Morgan fingerprint density at radius 3 is 2.17 bits per heavy atom. The molecule has 160 valence electrons. The Bertz CT molecular complexity index is 1030. The van der Waals surface area contributed by atoms with E-state index in [1.54, 1.807) is 16.3 Å². The molecule has 1 aromatic carbocycles. The van der Waals surface area contributed by atoms with Crippen molar-refractivity contribution in [2.45, 2.75) is 17.2 Å². The third-order valence-corrected chi connectivity index (χ3v) is 7.46. The van der Waals surface area contributed by atoms with Gasteiger partial charge in [-0.3, -0.25) is 14.4 Å². The van der Waals surface area contributed by atoms with Gasteiger partial charge < -0.3 is 15.1 Å². The molecule has 3 amide bonds. The number of carbonyl (C=O) groups excluding carboxylic acids is 3. The molecule has 1 unspecified atom stereocenters. The number of benzene rings is 1. The van der Waals surface area contributed by atoms with E-state index in [0.717, 1.165) is 35.6 Å². The summed E-state index contributed by atoms with van der Waals surface area (Å²) in [5.74, 6) is -2.26. The normalized spacial score (nSPS) is 15.5. The topological polar surface area (TPSA) is 104 Å². The zero-order valence-corrected chi connectivity index (χ0v) is 17.7. The van der Waals surface area contributed by atoms with Crippen LogP contribution in [0.3, 0.4) is 0 Å². The first-order valence-electron chi connectivity index (χ1n) is 9.08. The van der Waals surface area contributed by atoms with E-state index in [9.17, 15) is 27.2 Å². The van der Waals surface area contributed by atoms with E-state index in [-0.39, 0.29) is 41.9 Å². The van der Waals surface area contributed by atoms with Gasteiger partial charge in [-0.05, 0) is 35.7 Å². The van der Waals surface area contributed by atoms with Crippen LogP contribution in [0.15, 0.2) is 46.7 Å². The van der Waals surface area contributed by atoms with Gasteiger partial charge in [0.2, 0.25) is 21.1 Å². The number of hydrogen-bond donors (Lipinski definition) is 1. The molecule has 30 heavy (non-hydrogen) atoms. The van der Waals surface area contributed by atoms with Crippen LogP contribution in [0.5, 0.6) is 0 Å². The molecule has 1 N–H and O–H groups in total. The number of carbonyl (C=O) groups is 3. The molecule has 1 saturated heterocycles. The summed E-state index contributed by atoms with van der Waals surface area (Å²) in [5.41, 5.74) is 0. The second kappa shape index (κ2) is 8.92. The molecule has 0 saturated carbocycles. The minimum absolute atomic E-state index is 0.136. The average Bonchev–Trinajstić information content (AvgIpc) is 3.26. The summed E-state index contributed by atoms with van der Waals surface area (Å²) in [4.78, 5) is 40.0.